The fourth-order valence-corrected chi connectivity index (χ4v) is 2.93. The Balaban J connectivity index is 1.95. The van der Waals surface area contributed by atoms with Crippen LogP contribution in [0, 0.1) is 5.92 Å². The summed E-state index contributed by atoms with van der Waals surface area (Å²) in [5, 5.41) is 6.35. The van der Waals surface area contributed by atoms with Gasteiger partial charge in [0.05, 0.1) is 0 Å². The number of aliphatic imine (C=N–C) groups is 1. The topological polar surface area (TPSA) is 39.7 Å². The van der Waals surface area contributed by atoms with E-state index in [-0.39, 0.29) is 5.62 Å². The molecule has 3 atom stereocenters. The molecule has 2 aliphatic rings. The van der Waals surface area contributed by atoms with E-state index in [9.17, 15) is 0 Å². The molecule has 0 aromatic rings. The first kappa shape index (κ1) is 13.8. The Morgan fingerprint density at radius 1 is 1.61 bits per heavy atom. The number of nitrogens with one attached hydrogen (secondary N) is 2. The Labute approximate surface area is 114 Å². The third-order valence-electron chi connectivity index (χ3n) is 3.81. The highest BCUT2D eigenvalue weighted by Gasteiger charge is 2.28. The zero-order valence-electron chi connectivity index (χ0n) is 11.2. The molecule has 2 rings (SSSR count). The summed E-state index contributed by atoms with van der Waals surface area (Å²) in [5.41, 5.74) is 0.907. The summed E-state index contributed by atoms with van der Waals surface area (Å²) in [7, 11) is 2.03. The summed E-state index contributed by atoms with van der Waals surface area (Å²) >= 11 is 5.85. The standard InChI is InChI=1S/C13H23ClN4/c1-10-4-3-5-18(12(10)8-15-2)9-11-6-16-13(14)17-7-11/h6-7,10,12-13,15-16H,3-5,8-9H2,1-2H3/t10-,12-,13?/m1/s1. The third-order valence-corrected chi connectivity index (χ3v) is 4.05. The maximum atomic E-state index is 5.85. The van der Waals surface area contributed by atoms with Gasteiger partial charge >= 0.3 is 0 Å². The van der Waals surface area contributed by atoms with Crippen LogP contribution in [0.15, 0.2) is 16.8 Å². The number of piperidine rings is 1. The molecule has 0 saturated carbocycles. The van der Waals surface area contributed by atoms with E-state index >= 15 is 0 Å². The van der Waals surface area contributed by atoms with Crippen molar-refractivity contribution in [2.75, 3.05) is 26.7 Å². The third kappa shape index (κ3) is 3.46. The number of alkyl halides is 1. The first-order chi connectivity index (χ1) is 8.70. The summed E-state index contributed by atoms with van der Waals surface area (Å²) < 4.78 is 0. The number of nitrogens with zero attached hydrogens (tertiary/aromatic N) is 2. The van der Waals surface area contributed by atoms with Crippen LogP contribution in [0.1, 0.15) is 19.8 Å². The average molecular weight is 271 g/mol. The van der Waals surface area contributed by atoms with Gasteiger partial charge in [0, 0.05) is 31.5 Å². The highest BCUT2D eigenvalue weighted by atomic mass is 35.5. The van der Waals surface area contributed by atoms with Crippen LogP contribution in [-0.4, -0.2) is 49.5 Å². The number of likely N-dealkylation sites (N-methyl/N-ethyl adjacent to an activating group) is 1. The molecule has 5 heteroatoms. The van der Waals surface area contributed by atoms with Crippen LogP contribution in [0.4, 0.5) is 0 Å². The van der Waals surface area contributed by atoms with Crippen LogP contribution in [0.5, 0.6) is 0 Å². The summed E-state index contributed by atoms with van der Waals surface area (Å²) in [6.07, 6.45) is 6.50. The van der Waals surface area contributed by atoms with Crippen molar-refractivity contribution < 1.29 is 0 Å². The summed E-state index contributed by atoms with van der Waals surface area (Å²) in [6, 6.07) is 0.617. The molecule has 2 heterocycles. The van der Waals surface area contributed by atoms with Crippen LogP contribution < -0.4 is 10.6 Å². The number of hydrogen-bond acceptors (Lipinski definition) is 4. The van der Waals surface area contributed by atoms with Crippen LogP contribution in [0.25, 0.3) is 0 Å². The second kappa shape index (κ2) is 6.55. The van der Waals surface area contributed by atoms with Gasteiger partial charge in [-0.05, 0) is 37.9 Å². The van der Waals surface area contributed by atoms with Crippen molar-refractivity contribution >= 4 is 17.8 Å². The lowest BCUT2D eigenvalue weighted by Gasteiger charge is -2.40. The van der Waals surface area contributed by atoms with E-state index in [2.05, 4.69) is 27.4 Å². The van der Waals surface area contributed by atoms with Gasteiger partial charge in [0.15, 0.2) is 5.62 Å². The SMILES string of the molecule is CNC[C@@H]1[C@H](C)CCCN1CC1=CNC(Cl)N=C1. The molecular formula is C13H23ClN4. The average Bonchev–Trinajstić information content (AvgIpc) is 2.36. The molecule has 0 bridgehead atoms. The van der Waals surface area contributed by atoms with E-state index in [1.165, 1.54) is 25.0 Å². The maximum absolute atomic E-state index is 5.85. The lowest BCUT2D eigenvalue weighted by Crippen LogP contribution is -2.50. The highest BCUT2D eigenvalue weighted by Crippen LogP contribution is 2.23. The van der Waals surface area contributed by atoms with E-state index in [1.807, 2.05) is 19.5 Å². The molecule has 4 nitrogen and oxygen atoms in total. The minimum Gasteiger partial charge on any atom is -0.357 e. The predicted molar refractivity (Wildman–Crippen MR) is 77.0 cm³/mol. The van der Waals surface area contributed by atoms with E-state index in [1.54, 1.807) is 0 Å². The fraction of sp³-hybridized carbons (Fsp3) is 0.769. The molecule has 1 saturated heterocycles. The molecule has 0 radical (unpaired) electrons. The van der Waals surface area contributed by atoms with Gasteiger partial charge in [-0.1, -0.05) is 18.5 Å². The van der Waals surface area contributed by atoms with Crippen LogP contribution in [0.3, 0.4) is 0 Å². The van der Waals surface area contributed by atoms with Gasteiger partial charge in [0.25, 0.3) is 0 Å². The minimum atomic E-state index is -0.304. The molecule has 0 amide bonds. The molecular weight excluding hydrogens is 248 g/mol. The summed E-state index contributed by atoms with van der Waals surface area (Å²) in [4.78, 5) is 6.74. The van der Waals surface area contributed by atoms with E-state index in [4.69, 9.17) is 11.6 Å². The second-order valence-corrected chi connectivity index (χ2v) is 5.63. The van der Waals surface area contributed by atoms with E-state index < -0.39 is 0 Å². The predicted octanol–water partition coefficient (Wildman–Crippen LogP) is 1.39. The zero-order chi connectivity index (χ0) is 13.0. The quantitative estimate of drug-likeness (QED) is 0.599. The first-order valence-corrected chi connectivity index (χ1v) is 7.15. The summed E-state index contributed by atoms with van der Waals surface area (Å²) in [5.74, 6) is 0.751. The Morgan fingerprint density at radius 2 is 2.44 bits per heavy atom. The van der Waals surface area contributed by atoms with Crippen molar-refractivity contribution in [2.24, 2.45) is 10.9 Å². The Morgan fingerprint density at radius 3 is 3.11 bits per heavy atom. The van der Waals surface area contributed by atoms with Crippen molar-refractivity contribution in [2.45, 2.75) is 31.4 Å². The van der Waals surface area contributed by atoms with E-state index in [0.717, 1.165) is 19.0 Å². The van der Waals surface area contributed by atoms with Gasteiger partial charge < -0.3 is 10.6 Å². The van der Waals surface area contributed by atoms with Gasteiger partial charge in [0.2, 0.25) is 0 Å². The first-order valence-electron chi connectivity index (χ1n) is 6.71. The molecule has 1 unspecified atom stereocenters. The molecule has 0 spiro atoms. The van der Waals surface area contributed by atoms with Gasteiger partial charge in [-0.2, -0.15) is 0 Å². The van der Waals surface area contributed by atoms with Crippen molar-refractivity contribution in [3.05, 3.63) is 11.8 Å². The number of rotatable bonds is 4. The maximum Gasteiger partial charge on any atom is 0.194 e. The largest absolute Gasteiger partial charge is 0.357 e. The van der Waals surface area contributed by atoms with Crippen LogP contribution in [-0.2, 0) is 0 Å². The van der Waals surface area contributed by atoms with Gasteiger partial charge in [-0.15, -0.1) is 0 Å². The van der Waals surface area contributed by atoms with Gasteiger partial charge in [0.1, 0.15) is 0 Å². The van der Waals surface area contributed by atoms with Crippen molar-refractivity contribution in [3.8, 4) is 0 Å². The molecule has 0 aromatic heterocycles. The fourth-order valence-electron chi connectivity index (χ4n) is 2.81. The van der Waals surface area contributed by atoms with Crippen molar-refractivity contribution in [1.29, 1.82) is 0 Å². The van der Waals surface area contributed by atoms with Crippen LogP contribution >= 0.6 is 11.6 Å². The van der Waals surface area contributed by atoms with Crippen molar-refractivity contribution in [3.63, 3.8) is 0 Å². The zero-order valence-corrected chi connectivity index (χ0v) is 12.0. The number of likely N-dealkylation sites (tertiary alicyclic amines) is 1. The number of halogens is 1. The monoisotopic (exact) mass is 270 g/mol. The summed E-state index contributed by atoms with van der Waals surface area (Å²) in [6.45, 7) is 5.53. The molecule has 2 aliphatic heterocycles. The van der Waals surface area contributed by atoms with Gasteiger partial charge in [-0.25, -0.2) is 0 Å². The van der Waals surface area contributed by atoms with E-state index in [0.29, 0.717) is 6.04 Å². The molecule has 0 aliphatic carbocycles. The highest BCUT2D eigenvalue weighted by molar-refractivity contribution is 6.20. The Bertz CT molecular complexity index is 329. The Hall–Kier alpha value is -0.580. The smallest absolute Gasteiger partial charge is 0.194 e. The van der Waals surface area contributed by atoms with Crippen molar-refractivity contribution in [1.82, 2.24) is 15.5 Å². The lowest BCUT2D eigenvalue weighted by atomic mass is 9.90. The molecule has 18 heavy (non-hydrogen) atoms. The normalized spacial score (nSPS) is 33.1. The molecule has 2 N–H and O–H groups in total. The van der Waals surface area contributed by atoms with Gasteiger partial charge in [-0.3, -0.25) is 9.89 Å². The Kier molecular flexibility index (Phi) is 5.03. The second-order valence-electron chi connectivity index (χ2n) is 5.21. The minimum absolute atomic E-state index is 0.304. The number of hydrogen-bond donors (Lipinski definition) is 2. The molecule has 0 aromatic carbocycles. The molecule has 102 valence electrons. The lowest BCUT2D eigenvalue weighted by molar-refractivity contribution is 0.113. The molecule has 1 fully saturated rings. The van der Waals surface area contributed by atoms with Crippen LogP contribution in [0.2, 0.25) is 0 Å².